The molecule has 8 nitrogen and oxygen atoms in total. The van der Waals surface area contributed by atoms with Gasteiger partial charge in [0.15, 0.2) is 17.5 Å². The lowest BCUT2D eigenvalue weighted by atomic mass is 10.2. The highest BCUT2D eigenvalue weighted by Crippen LogP contribution is 2.28. The Morgan fingerprint density at radius 2 is 1.73 bits per heavy atom. The first-order valence-electron chi connectivity index (χ1n) is 9.91. The number of ether oxygens (including phenoxy) is 2. The van der Waals surface area contributed by atoms with Crippen LogP contribution in [0.25, 0.3) is 0 Å². The molecule has 13 heteroatoms. The fourth-order valence-corrected chi connectivity index (χ4v) is 4.69. The molecule has 178 valence electrons. The van der Waals surface area contributed by atoms with Crippen molar-refractivity contribution in [3.8, 4) is 0 Å². The van der Waals surface area contributed by atoms with Gasteiger partial charge in [-0.1, -0.05) is 0 Å². The molecule has 2 aliphatic rings. The third kappa shape index (κ3) is 4.75. The van der Waals surface area contributed by atoms with Crippen molar-refractivity contribution in [1.29, 1.82) is 0 Å². The van der Waals surface area contributed by atoms with E-state index in [-0.39, 0.29) is 12.2 Å². The summed E-state index contributed by atoms with van der Waals surface area (Å²) in [4.78, 5) is 14.1. The monoisotopic (exact) mass is 489 g/mol. The Balaban J connectivity index is 1.42. The minimum absolute atomic E-state index is 0.113. The quantitative estimate of drug-likeness (QED) is 0.495. The van der Waals surface area contributed by atoms with Gasteiger partial charge in [-0.25, -0.2) is 35.5 Å². The molecule has 2 fully saturated rings. The molecule has 0 radical (unpaired) electrons. The summed E-state index contributed by atoms with van der Waals surface area (Å²) in [7, 11) is -4.56. The molecule has 2 aliphatic heterocycles. The summed E-state index contributed by atoms with van der Waals surface area (Å²) in [5, 5.41) is 0. The fraction of sp³-hybridized carbons (Fsp3) is 0.350. The van der Waals surface area contributed by atoms with Crippen LogP contribution < -0.4 is 14.5 Å². The van der Waals surface area contributed by atoms with Gasteiger partial charge in [0.05, 0.1) is 31.1 Å². The van der Waals surface area contributed by atoms with Gasteiger partial charge >= 0.3 is 6.09 Å². The molecule has 0 aliphatic carbocycles. The lowest BCUT2D eigenvalue weighted by Gasteiger charge is -2.29. The van der Waals surface area contributed by atoms with Gasteiger partial charge in [-0.05, 0) is 30.3 Å². The Bertz CT molecular complexity index is 1170. The number of sulfonamides is 1. The molecule has 0 spiro atoms. The van der Waals surface area contributed by atoms with Crippen molar-refractivity contribution in [2.45, 2.75) is 11.0 Å². The number of halogens is 4. The smallest absolute Gasteiger partial charge is 0.414 e. The third-order valence-electron chi connectivity index (χ3n) is 5.26. The number of anilines is 2. The molecule has 1 atom stereocenters. The number of morpholine rings is 1. The zero-order valence-corrected chi connectivity index (χ0v) is 17.9. The van der Waals surface area contributed by atoms with Crippen molar-refractivity contribution in [2.75, 3.05) is 49.2 Å². The molecule has 2 aromatic rings. The van der Waals surface area contributed by atoms with Crippen LogP contribution in [-0.2, 0) is 19.5 Å². The highest BCUT2D eigenvalue weighted by Gasteiger charge is 2.34. The maximum absolute atomic E-state index is 14.7. The third-order valence-corrected chi connectivity index (χ3v) is 6.70. The van der Waals surface area contributed by atoms with Gasteiger partial charge in [0.25, 0.3) is 0 Å². The van der Waals surface area contributed by atoms with E-state index in [0.717, 1.165) is 4.90 Å². The second-order valence-electron chi connectivity index (χ2n) is 7.38. The summed E-state index contributed by atoms with van der Waals surface area (Å²) in [5.41, 5.74) is 0.582. The standard InChI is InChI=1S/C20H19F4N3O5S/c21-14-2-4-17(19(24)18(14)23)33(29,30)25-10-13-11-27(20(28)32-13)12-1-3-16(15(22)9-12)26-5-7-31-8-6-26/h1-4,9,13,25H,5-8,10-11H2/t13-/m0/s1. The minimum Gasteiger partial charge on any atom is -0.443 e. The van der Waals surface area contributed by atoms with E-state index < -0.39 is 56.9 Å². The summed E-state index contributed by atoms with van der Waals surface area (Å²) >= 11 is 0. The molecule has 2 saturated heterocycles. The van der Waals surface area contributed by atoms with E-state index in [0.29, 0.717) is 44.1 Å². The molecule has 33 heavy (non-hydrogen) atoms. The second-order valence-corrected chi connectivity index (χ2v) is 9.11. The van der Waals surface area contributed by atoms with Crippen LogP contribution in [0.1, 0.15) is 0 Å². The number of rotatable bonds is 6. The number of amides is 1. The summed E-state index contributed by atoms with van der Waals surface area (Å²) in [6, 6.07) is 5.32. The molecular weight excluding hydrogens is 470 g/mol. The van der Waals surface area contributed by atoms with Crippen LogP contribution in [0.4, 0.5) is 33.7 Å². The Kier molecular flexibility index (Phi) is 6.45. The van der Waals surface area contributed by atoms with Crippen molar-refractivity contribution in [2.24, 2.45) is 0 Å². The van der Waals surface area contributed by atoms with Crippen LogP contribution in [0.5, 0.6) is 0 Å². The normalized spacial score (nSPS) is 19.2. The number of cyclic esters (lactones) is 1. The first-order chi connectivity index (χ1) is 15.7. The predicted molar refractivity (Wildman–Crippen MR) is 109 cm³/mol. The SMILES string of the molecule is O=C1O[C@@H](CNS(=O)(=O)c2ccc(F)c(F)c2F)CN1c1ccc(N2CCOCC2)c(F)c1. The van der Waals surface area contributed by atoms with Gasteiger partial charge in [-0.15, -0.1) is 0 Å². The van der Waals surface area contributed by atoms with Crippen LogP contribution in [0, 0.1) is 23.3 Å². The first kappa shape index (κ1) is 23.3. The lowest BCUT2D eigenvalue weighted by molar-refractivity contribution is 0.122. The molecule has 1 N–H and O–H groups in total. The summed E-state index contributed by atoms with van der Waals surface area (Å²) in [6.45, 7) is 1.44. The predicted octanol–water partition coefficient (Wildman–Crippen LogP) is 2.38. The van der Waals surface area contributed by atoms with E-state index in [2.05, 4.69) is 0 Å². The van der Waals surface area contributed by atoms with Crippen molar-refractivity contribution in [1.82, 2.24) is 4.72 Å². The Morgan fingerprint density at radius 1 is 1.00 bits per heavy atom. The zero-order valence-electron chi connectivity index (χ0n) is 17.1. The fourth-order valence-electron chi connectivity index (χ4n) is 3.56. The minimum atomic E-state index is -4.56. The van der Waals surface area contributed by atoms with E-state index in [4.69, 9.17) is 9.47 Å². The average molecular weight is 489 g/mol. The largest absolute Gasteiger partial charge is 0.443 e. The summed E-state index contributed by atoms with van der Waals surface area (Å²) in [5.74, 6) is -5.85. The molecule has 2 aromatic carbocycles. The number of carbonyl (C=O) groups excluding carboxylic acids is 1. The Labute approximate surface area is 186 Å². The molecule has 0 bridgehead atoms. The highest BCUT2D eigenvalue weighted by molar-refractivity contribution is 7.89. The molecule has 4 rings (SSSR count). The van der Waals surface area contributed by atoms with E-state index in [9.17, 15) is 30.8 Å². The van der Waals surface area contributed by atoms with Crippen molar-refractivity contribution in [3.05, 3.63) is 53.6 Å². The molecular formula is C20H19F4N3O5S. The van der Waals surface area contributed by atoms with Crippen molar-refractivity contribution in [3.63, 3.8) is 0 Å². The first-order valence-corrected chi connectivity index (χ1v) is 11.4. The second kappa shape index (κ2) is 9.15. The van der Waals surface area contributed by atoms with Gasteiger partial charge in [-0.2, -0.15) is 0 Å². The highest BCUT2D eigenvalue weighted by atomic mass is 32.2. The van der Waals surface area contributed by atoms with Gasteiger partial charge < -0.3 is 14.4 Å². The summed E-state index contributed by atoms with van der Waals surface area (Å²) in [6.07, 6.45) is -1.81. The average Bonchev–Trinajstić information content (AvgIpc) is 3.17. The number of hydrogen-bond donors (Lipinski definition) is 1. The van der Waals surface area contributed by atoms with E-state index in [1.165, 1.54) is 12.1 Å². The number of carbonyl (C=O) groups is 1. The van der Waals surface area contributed by atoms with Crippen LogP contribution in [-0.4, -0.2) is 60.0 Å². The van der Waals surface area contributed by atoms with Gasteiger partial charge in [-0.3, -0.25) is 4.90 Å². The van der Waals surface area contributed by atoms with E-state index in [1.807, 2.05) is 9.62 Å². The van der Waals surface area contributed by atoms with Crippen molar-refractivity contribution >= 4 is 27.5 Å². The Hall–Kier alpha value is -2.90. The number of hydrogen-bond acceptors (Lipinski definition) is 6. The van der Waals surface area contributed by atoms with Crippen molar-refractivity contribution < 1.29 is 40.2 Å². The maximum Gasteiger partial charge on any atom is 0.414 e. The zero-order chi connectivity index (χ0) is 23.8. The summed E-state index contributed by atoms with van der Waals surface area (Å²) < 4.78 is 91.8. The Morgan fingerprint density at radius 3 is 2.42 bits per heavy atom. The molecule has 2 heterocycles. The van der Waals surface area contributed by atoms with Crippen LogP contribution in [0.2, 0.25) is 0 Å². The molecule has 1 amide bonds. The molecule has 0 aromatic heterocycles. The van der Waals surface area contributed by atoms with E-state index in [1.54, 1.807) is 6.07 Å². The van der Waals surface area contributed by atoms with Crippen LogP contribution in [0.3, 0.4) is 0 Å². The van der Waals surface area contributed by atoms with Gasteiger partial charge in [0.2, 0.25) is 10.0 Å². The lowest BCUT2D eigenvalue weighted by Crippen LogP contribution is -2.37. The number of nitrogens with one attached hydrogen (secondary N) is 1. The van der Waals surface area contributed by atoms with E-state index >= 15 is 0 Å². The van der Waals surface area contributed by atoms with Gasteiger partial charge in [0, 0.05) is 19.6 Å². The number of nitrogens with zero attached hydrogens (tertiary/aromatic N) is 2. The maximum atomic E-state index is 14.7. The number of benzene rings is 2. The topological polar surface area (TPSA) is 88.2 Å². The molecule has 0 saturated carbocycles. The van der Waals surface area contributed by atoms with Crippen LogP contribution in [0.15, 0.2) is 35.2 Å². The molecule has 0 unspecified atom stereocenters. The van der Waals surface area contributed by atoms with Crippen LogP contribution >= 0.6 is 0 Å². The van der Waals surface area contributed by atoms with Gasteiger partial charge in [0.1, 0.15) is 16.8 Å².